The topological polar surface area (TPSA) is 38.3 Å². The molecule has 0 saturated heterocycles. The summed E-state index contributed by atoms with van der Waals surface area (Å²) in [4.78, 5) is 11.2. The minimum absolute atomic E-state index is 0.0185. The maximum Gasteiger partial charge on any atom is 0.387 e. The summed E-state index contributed by atoms with van der Waals surface area (Å²) in [5.74, 6) is -0.425. The van der Waals surface area contributed by atoms with Crippen molar-refractivity contribution in [2.45, 2.75) is 18.9 Å². The fourth-order valence-corrected chi connectivity index (χ4v) is 1.05. The van der Waals surface area contributed by atoms with Crippen molar-refractivity contribution in [2.24, 2.45) is 0 Å². The first-order valence-corrected chi connectivity index (χ1v) is 4.92. The van der Waals surface area contributed by atoms with Crippen LogP contribution in [0, 0.1) is 0 Å². The third kappa shape index (κ3) is 4.02. The van der Waals surface area contributed by atoms with E-state index in [0.29, 0.717) is 5.69 Å². The zero-order valence-corrected chi connectivity index (χ0v) is 9.17. The molecule has 0 fully saturated rings. The Balaban J connectivity index is 2.71. The second kappa shape index (κ2) is 5.65. The number of ether oxygens (including phenoxy) is 1. The lowest BCUT2D eigenvalue weighted by Crippen LogP contribution is -2.20. The van der Waals surface area contributed by atoms with Crippen molar-refractivity contribution in [1.29, 1.82) is 0 Å². The standard InChI is InChI=1S/C10H10ClF2NO2/c1-6(11)9(15)14-7-3-2-4-8(5-7)16-10(12)13/h2-6,10H,1H3,(H,14,15). The highest BCUT2D eigenvalue weighted by atomic mass is 35.5. The van der Waals surface area contributed by atoms with Crippen LogP contribution in [0.15, 0.2) is 24.3 Å². The van der Waals surface area contributed by atoms with Gasteiger partial charge in [-0.3, -0.25) is 4.79 Å². The first-order valence-electron chi connectivity index (χ1n) is 4.49. The van der Waals surface area contributed by atoms with Crippen molar-refractivity contribution in [2.75, 3.05) is 5.32 Å². The number of anilines is 1. The van der Waals surface area contributed by atoms with Crippen LogP contribution < -0.4 is 10.1 Å². The minimum Gasteiger partial charge on any atom is -0.435 e. The van der Waals surface area contributed by atoms with E-state index in [0.717, 1.165) is 0 Å². The van der Waals surface area contributed by atoms with Gasteiger partial charge < -0.3 is 10.1 Å². The lowest BCUT2D eigenvalue weighted by Gasteiger charge is -2.09. The van der Waals surface area contributed by atoms with Gasteiger partial charge in [-0.05, 0) is 19.1 Å². The molecule has 1 aromatic carbocycles. The highest BCUT2D eigenvalue weighted by molar-refractivity contribution is 6.32. The molecule has 1 rings (SSSR count). The van der Waals surface area contributed by atoms with E-state index in [9.17, 15) is 13.6 Å². The van der Waals surface area contributed by atoms with E-state index in [1.54, 1.807) is 6.07 Å². The zero-order chi connectivity index (χ0) is 12.1. The van der Waals surface area contributed by atoms with Gasteiger partial charge in [0, 0.05) is 11.8 Å². The average molecular weight is 250 g/mol. The minimum atomic E-state index is -2.89. The third-order valence-corrected chi connectivity index (χ3v) is 1.89. The molecule has 16 heavy (non-hydrogen) atoms. The van der Waals surface area contributed by atoms with Crippen molar-refractivity contribution < 1.29 is 18.3 Å². The number of nitrogens with one attached hydrogen (secondary N) is 1. The molecule has 0 radical (unpaired) electrons. The first kappa shape index (κ1) is 12.7. The summed E-state index contributed by atoms with van der Waals surface area (Å²) in [5, 5.41) is 1.76. The van der Waals surface area contributed by atoms with Crippen LogP contribution in [-0.4, -0.2) is 17.9 Å². The van der Waals surface area contributed by atoms with Gasteiger partial charge in [0.05, 0.1) is 0 Å². The van der Waals surface area contributed by atoms with Gasteiger partial charge in [0.25, 0.3) is 0 Å². The number of carbonyl (C=O) groups is 1. The van der Waals surface area contributed by atoms with Crippen LogP contribution in [0.5, 0.6) is 5.75 Å². The van der Waals surface area contributed by atoms with Crippen molar-refractivity contribution in [1.82, 2.24) is 0 Å². The Morgan fingerprint density at radius 1 is 1.50 bits per heavy atom. The summed E-state index contributed by atoms with van der Waals surface area (Å²) < 4.78 is 28.0. The lowest BCUT2D eigenvalue weighted by molar-refractivity contribution is -0.115. The lowest BCUT2D eigenvalue weighted by atomic mass is 10.3. The predicted octanol–water partition coefficient (Wildman–Crippen LogP) is 2.85. The molecule has 0 aliphatic heterocycles. The van der Waals surface area contributed by atoms with Crippen LogP contribution in [0.25, 0.3) is 0 Å². The largest absolute Gasteiger partial charge is 0.435 e. The summed E-state index contributed by atoms with van der Waals surface area (Å²) >= 11 is 5.54. The fourth-order valence-electron chi connectivity index (χ4n) is 0.992. The number of amides is 1. The van der Waals surface area contributed by atoms with E-state index in [1.165, 1.54) is 25.1 Å². The molecule has 1 N–H and O–H groups in total. The molecule has 88 valence electrons. The van der Waals surface area contributed by atoms with Crippen molar-refractivity contribution in [3.63, 3.8) is 0 Å². The van der Waals surface area contributed by atoms with E-state index < -0.39 is 17.9 Å². The highest BCUT2D eigenvalue weighted by Gasteiger charge is 2.10. The molecule has 0 saturated carbocycles. The Hall–Kier alpha value is -1.36. The summed E-state index contributed by atoms with van der Waals surface area (Å²) in [7, 11) is 0. The van der Waals surface area contributed by atoms with Crippen LogP contribution in [-0.2, 0) is 4.79 Å². The second-order valence-electron chi connectivity index (χ2n) is 3.01. The highest BCUT2D eigenvalue weighted by Crippen LogP contribution is 2.19. The molecule has 0 aliphatic rings. The van der Waals surface area contributed by atoms with Crippen LogP contribution in [0.4, 0.5) is 14.5 Å². The molecule has 1 atom stereocenters. The van der Waals surface area contributed by atoms with Gasteiger partial charge in [-0.25, -0.2) is 0 Å². The number of hydrogen-bond acceptors (Lipinski definition) is 2. The van der Waals surface area contributed by atoms with E-state index in [-0.39, 0.29) is 5.75 Å². The van der Waals surface area contributed by atoms with Crippen LogP contribution in [0.3, 0.4) is 0 Å². The van der Waals surface area contributed by atoms with E-state index in [1.807, 2.05) is 0 Å². The number of halogens is 3. The Kier molecular flexibility index (Phi) is 4.49. The normalized spacial score (nSPS) is 12.3. The van der Waals surface area contributed by atoms with Crippen molar-refractivity contribution in [3.05, 3.63) is 24.3 Å². The number of benzene rings is 1. The number of alkyl halides is 3. The SMILES string of the molecule is CC(Cl)C(=O)Nc1cccc(OC(F)F)c1. The molecule has 1 unspecified atom stereocenters. The molecule has 0 bridgehead atoms. The summed E-state index contributed by atoms with van der Waals surface area (Å²) in [5.41, 5.74) is 0.357. The van der Waals surface area contributed by atoms with Gasteiger partial charge in [0.1, 0.15) is 11.1 Å². The van der Waals surface area contributed by atoms with Gasteiger partial charge in [0.2, 0.25) is 5.91 Å². The summed E-state index contributed by atoms with van der Waals surface area (Å²) in [6, 6.07) is 5.71. The Bertz CT molecular complexity index is 372. The number of carbonyl (C=O) groups excluding carboxylic acids is 1. The molecule has 0 heterocycles. The molecule has 0 aromatic heterocycles. The number of hydrogen-bond donors (Lipinski definition) is 1. The molecule has 6 heteroatoms. The van der Waals surface area contributed by atoms with Crippen LogP contribution in [0.2, 0.25) is 0 Å². The van der Waals surface area contributed by atoms with E-state index >= 15 is 0 Å². The molecular formula is C10H10ClF2NO2. The smallest absolute Gasteiger partial charge is 0.387 e. The molecule has 0 aliphatic carbocycles. The zero-order valence-electron chi connectivity index (χ0n) is 8.41. The predicted molar refractivity (Wildman–Crippen MR) is 57.0 cm³/mol. The van der Waals surface area contributed by atoms with Gasteiger partial charge in [-0.2, -0.15) is 8.78 Å². The van der Waals surface area contributed by atoms with Gasteiger partial charge >= 0.3 is 6.61 Å². The molecular weight excluding hydrogens is 240 g/mol. The summed E-state index contributed by atoms with van der Waals surface area (Å²) in [6.45, 7) is -1.38. The van der Waals surface area contributed by atoms with E-state index in [2.05, 4.69) is 10.1 Å². The quantitative estimate of drug-likeness (QED) is 0.834. The Morgan fingerprint density at radius 2 is 2.19 bits per heavy atom. The Morgan fingerprint density at radius 3 is 2.75 bits per heavy atom. The number of rotatable bonds is 4. The van der Waals surface area contributed by atoms with Gasteiger partial charge in [0.15, 0.2) is 0 Å². The van der Waals surface area contributed by atoms with Gasteiger partial charge in [-0.15, -0.1) is 11.6 Å². The van der Waals surface area contributed by atoms with Crippen molar-refractivity contribution >= 4 is 23.2 Å². The molecule has 1 aromatic rings. The van der Waals surface area contributed by atoms with Crippen LogP contribution in [0.1, 0.15) is 6.92 Å². The molecule has 3 nitrogen and oxygen atoms in total. The van der Waals surface area contributed by atoms with E-state index in [4.69, 9.17) is 11.6 Å². The van der Waals surface area contributed by atoms with Crippen LogP contribution >= 0.6 is 11.6 Å². The third-order valence-electron chi connectivity index (χ3n) is 1.69. The summed E-state index contributed by atoms with van der Waals surface area (Å²) in [6.07, 6.45) is 0. The fraction of sp³-hybridized carbons (Fsp3) is 0.300. The maximum absolute atomic E-state index is 11.9. The van der Waals surface area contributed by atoms with Crippen molar-refractivity contribution in [3.8, 4) is 5.75 Å². The van der Waals surface area contributed by atoms with Gasteiger partial charge in [-0.1, -0.05) is 6.07 Å². The molecule has 0 spiro atoms. The molecule has 1 amide bonds. The monoisotopic (exact) mass is 249 g/mol. The Labute approximate surface area is 96.4 Å². The second-order valence-corrected chi connectivity index (χ2v) is 3.67. The average Bonchev–Trinajstić information content (AvgIpc) is 2.16. The maximum atomic E-state index is 11.9. The first-order chi connectivity index (χ1) is 7.49.